The number of fused-ring (bicyclic) bond motifs is 2. The van der Waals surface area contributed by atoms with E-state index in [4.69, 9.17) is 33.7 Å². The number of rotatable bonds is 22. The number of anilines is 1. The van der Waals surface area contributed by atoms with Crippen molar-refractivity contribution >= 4 is 35.2 Å². The van der Waals surface area contributed by atoms with Crippen LogP contribution in [0.4, 0.5) is 20.6 Å². The van der Waals surface area contributed by atoms with Crippen LogP contribution in [0, 0.1) is 33.7 Å². The SMILES string of the molecule is C=CCOC12Oc3ccc(OC(=O)Nc4ccc(OC)cc4OC)cc3C3C(CCCCO)C(CCCCO)C=C(C(=NOC(C)(C)C)CC1N(Cc1ccc(F)cc1)C(=O)C=Cc1ccc([N+](=O)[O-])cc1)C32. The summed E-state index contributed by atoms with van der Waals surface area (Å²) in [6.45, 7) is 9.66. The van der Waals surface area contributed by atoms with Crippen molar-refractivity contribution in [1.82, 2.24) is 4.90 Å². The standard InChI is InChI=1S/C56H65FN4O12/c1-7-30-70-56-50(60(35-37-14-19-39(57)20-15-37)51(64)27-18-36-16-21-40(22-17-36)61(66)67)34-47(59-73-55(2,3)4)44-31-38(12-8-10-28-62)43(13-9-11-29-63)52(53(44)56)45-32-42(24-26-48(45)72-56)71-54(65)58-46-25-23-41(68-5)33-49(46)69-6/h7,14-27,31-33,38,43,50,52-53,62-63H,1,8-13,28-30,34-35H2,2-6H3,(H,58,65). The van der Waals surface area contributed by atoms with E-state index in [0.717, 1.165) is 5.57 Å². The van der Waals surface area contributed by atoms with Gasteiger partial charge in [-0.3, -0.25) is 20.2 Å². The first kappa shape index (κ1) is 53.7. The third kappa shape index (κ3) is 12.8. The van der Waals surface area contributed by atoms with E-state index in [9.17, 15) is 29.5 Å². The fourth-order valence-electron chi connectivity index (χ4n) is 10.1. The number of nitro groups is 1. The summed E-state index contributed by atoms with van der Waals surface area (Å²) in [5.41, 5.74) is 2.73. The molecule has 0 radical (unpaired) electrons. The van der Waals surface area contributed by atoms with E-state index in [-0.39, 0.29) is 56.1 Å². The Morgan fingerprint density at radius 1 is 0.959 bits per heavy atom. The van der Waals surface area contributed by atoms with Crippen molar-refractivity contribution in [3.8, 4) is 23.0 Å². The maximum absolute atomic E-state index is 15.2. The lowest BCUT2D eigenvalue weighted by Crippen LogP contribution is -2.70. The molecule has 1 saturated carbocycles. The molecular formula is C56H65FN4O12. The van der Waals surface area contributed by atoms with Gasteiger partial charge in [0.1, 0.15) is 40.5 Å². The van der Waals surface area contributed by atoms with Gasteiger partial charge in [0.2, 0.25) is 11.7 Å². The Balaban J connectivity index is 1.43. The second-order valence-corrected chi connectivity index (χ2v) is 19.3. The van der Waals surface area contributed by atoms with Crippen molar-refractivity contribution in [1.29, 1.82) is 0 Å². The highest BCUT2D eigenvalue weighted by Crippen LogP contribution is 2.62. The molecule has 4 aromatic rings. The van der Waals surface area contributed by atoms with Crippen LogP contribution in [0.5, 0.6) is 23.0 Å². The summed E-state index contributed by atoms with van der Waals surface area (Å²) in [4.78, 5) is 47.7. The van der Waals surface area contributed by atoms with Crippen molar-refractivity contribution < 1.29 is 57.6 Å². The van der Waals surface area contributed by atoms with Gasteiger partial charge < -0.3 is 43.6 Å². The van der Waals surface area contributed by atoms with Crippen LogP contribution in [-0.4, -0.2) is 89.2 Å². The zero-order valence-corrected chi connectivity index (χ0v) is 42.0. The molecule has 2 amide bonds. The fraction of sp³-hybridized carbons (Fsp3) is 0.411. The molecule has 2 aliphatic carbocycles. The molecule has 1 aliphatic heterocycles. The lowest BCUT2D eigenvalue weighted by atomic mass is 9.55. The Kier molecular flexibility index (Phi) is 17.7. The maximum Gasteiger partial charge on any atom is 0.417 e. The van der Waals surface area contributed by atoms with Crippen molar-refractivity contribution in [2.45, 2.75) is 95.6 Å². The third-order valence-electron chi connectivity index (χ3n) is 13.4. The zero-order chi connectivity index (χ0) is 52.3. The largest absolute Gasteiger partial charge is 0.497 e. The molecule has 16 nitrogen and oxygen atoms in total. The van der Waals surface area contributed by atoms with E-state index < -0.39 is 52.0 Å². The predicted octanol–water partition coefficient (Wildman–Crippen LogP) is 10.5. The highest BCUT2D eigenvalue weighted by Gasteiger charge is 2.65. The first-order valence-corrected chi connectivity index (χ1v) is 24.6. The average molecular weight is 1010 g/mol. The molecule has 0 spiro atoms. The molecule has 1 heterocycles. The first-order chi connectivity index (χ1) is 35.1. The number of nitro benzene ring substituents is 1. The number of carbonyl (C=O) groups is 2. The van der Waals surface area contributed by atoms with Gasteiger partial charge in [-0.25, -0.2) is 9.18 Å². The second-order valence-electron chi connectivity index (χ2n) is 19.3. The van der Waals surface area contributed by atoms with Gasteiger partial charge in [0.15, 0.2) is 0 Å². The summed E-state index contributed by atoms with van der Waals surface area (Å²) < 4.78 is 45.8. The molecule has 17 heteroatoms. The van der Waals surface area contributed by atoms with E-state index >= 15 is 4.79 Å². The third-order valence-corrected chi connectivity index (χ3v) is 13.4. The topological polar surface area (TPSA) is 201 Å². The number of aliphatic hydroxyl groups excluding tert-OH is 2. The molecule has 0 bridgehead atoms. The molecule has 3 N–H and O–H groups in total. The molecule has 73 heavy (non-hydrogen) atoms. The molecule has 6 atom stereocenters. The minimum atomic E-state index is -1.66. The minimum Gasteiger partial charge on any atom is -0.497 e. The summed E-state index contributed by atoms with van der Waals surface area (Å²) in [5.74, 6) is -2.44. The molecule has 4 aromatic carbocycles. The maximum atomic E-state index is 15.2. The zero-order valence-electron chi connectivity index (χ0n) is 42.0. The van der Waals surface area contributed by atoms with Crippen LogP contribution in [0.15, 0.2) is 120 Å². The quantitative estimate of drug-likeness (QED) is 0.0221. The van der Waals surface area contributed by atoms with Gasteiger partial charge in [-0.2, -0.15) is 0 Å². The molecule has 388 valence electrons. The smallest absolute Gasteiger partial charge is 0.417 e. The van der Waals surface area contributed by atoms with Gasteiger partial charge in [0.25, 0.3) is 5.69 Å². The number of carbonyl (C=O) groups excluding carboxylic acids is 2. The van der Waals surface area contributed by atoms with Gasteiger partial charge >= 0.3 is 6.09 Å². The van der Waals surface area contributed by atoms with Crippen LogP contribution in [0.1, 0.15) is 88.3 Å². The van der Waals surface area contributed by atoms with Crippen LogP contribution in [-0.2, 0) is 20.9 Å². The first-order valence-electron chi connectivity index (χ1n) is 24.6. The number of nitrogens with zero attached hydrogens (tertiary/aromatic N) is 3. The molecule has 1 fully saturated rings. The van der Waals surface area contributed by atoms with Crippen molar-refractivity contribution in [3.05, 3.63) is 148 Å². The number of ether oxygens (including phenoxy) is 5. The monoisotopic (exact) mass is 1000 g/mol. The van der Waals surface area contributed by atoms with Gasteiger partial charge in [0, 0.05) is 61.9 Å². The van der Waals surface area contributed by atoms with Gasteiger partial charge in [0.05, 0.1) is 43.1 Å². The molecule has 0 aromatic heterocycles. The number of hydrogen-bond acceptors (Lipinski definition) is 13. The number of halogens is 1. The molecular weight excluding hydrogens is 940 g/mol. The number of unbranched alkanes of at least 4 members (excludes halogenated alkanes) is 2. The van der Waals surface area contributed by atoms with Gasteiger partial charge in [-0.15, -0.1) is 6.58 Å². The van der Waals surface area contributed by atoms with E-state index in [1.807, 2.05) is 20.8 Å². The Morgan fingerprint density at radius 3 is 2.33 bits per heavy atom. The van der Waals surface area contributed by atoms with Crippen molar-refractivity contribution in [2.24, 2.45) is 22.9 Å². The lowest BCUT2D eigenvalue weighted by Gasteiger charge is -2.60. The number of oxime groups is 1. The van der Waals surface area contributed by atoms with E-state index in [2.05, 4.69) is 18.0 Å². The van der Waals surface area contributed by atoms with Crippen LogP contribution < -0.4 is 24.3 Å². The van der Waals surface area contributed by atoms with Crippen molar-refractivity contribution in [2.75, 3.05) is 39.4 Å². The number of aliphatic hydroxyl groups is 2. The summed E-state index contributed by atoms with van der Waals surface area (Å²) in [5, 5.41) is 39.2. The van der Waals surface area contributed by atoms with Gasteiger partial charge in [-0.05, 0) is 136 Å². The van der Waals surface area contributed by atoms with E-state index in [1.165, 1.54) is 44.6 Å². The number of methoxy groups -OCH3 is 2. The average Bonchev–Trinajstić information content (AvgIpc) is 3.37. The number of hydrogen-bond donors (Lipinski definition) is 3. The Bertz CT molecular complexity index is 2680. The Morgan fingerprint density at radius 2 is 1.67 bits per heavy atom. The van der Waals surface area contributed by atoms with Crippen molar-refractivity contribution in [3.63, 3.8) is 0 Å². The number of amides is 2. The van der Waals surface area contributed by atoms with E-state index in [0.29, 0.717) is 83.9 Å². The molecule has 0 saturated heterocycles. The van der Waals surface area contributed by atoms with Gasteiger partial charge in [-0.1, -0.05) is 42.3 Å². The Hall–Kier alpha value is -7.08. The number of benzene rings is 4. The molecule has 6 unspecified atom stereocenters. The van der Waals surface area contributed by atoms with Crippen LogP contribution in [0.25, 0.3) is 6.08 Å². The van der Waals surface area contributed by atoms with E-state index in [1.54, 1.807) is 77.7 Å². The predicted molar refractivity (Wildman–Crippen MR) is 274 cm³/mol. The minimum absolute atomic E-state index is 0.00416. The highest BCUT2D eigenvalue weighted by molar-refractivity contribution is 6.03. The van der Waals surface area contributed by atoms with Crippen LogP contribution in [0.3, 0.4) is 0 Å². The fourth-order valence-corrected chi connectivity index (χ4v) is 10.1. The number of non-ortho nitro benzene ring substituents is 1. The molecule has 3 aliphatic rings. The lowest BCUT2D eigenvalue weighted by molar-refractivity contribution is -0.384. The molecule has 7 rings (SSSR count). The number of allylic oxidation sites excluding steroid dienone is 1. The number of nitrogens with one attached hydrogen (secondary N) is 1. The summed E-state index contributed by atoms with van der Waals surface area (Å²) in [6, 6.07) is 20.8. The summed E-state index contributed by atoms with van der Waals surface area (Å²) in [7, 11) is 3.01. The van der Waals surface area contributed by atoms with Crippen LogP contribution in [0.2, 0.25) is 0 Å². The second kappa shape index (κ2) is 24.1. The van der Waals surface area contributed by atoms with Crippen LogP contribution >= 0.6 is 0 Å². The summed E-state index contributed by atoms with van der Waals surface area (Å²) in [6.07, 6.45) is 9.96. The normalized spacial score (nSPS) is 21.5. The Labute approximate surface area is 425 Å². The highest BCUT2D eigenvalue weighted by atomic mass is 19.1. The summed E-state index contributed by atoms with van der Waals surface area (Å²) >= 11 is 0.